The van der Waals surface area contributed by atoms with Gasteiger partial charge in [-0.25, -0.2) is 0 Å². The zero-order valence-electron chi connectivity index (χ0n) is 18.1. The van der Waals surface area contributed by atoms with Gasteiger partial charge in [0.1, 0.15) is 0 Å². The third-order valence-corrected chi connectivity index (χ3v) is 5.95. The summed E-state index contributed by atoms with van der Waals surface area (Å²) in [4.78, 5) is 49.7. The Bertz CT molecular complexity index is 1340. The van der Waals surface area contributed by atoms with E-state index < -0.39 is 23.3 Å². The number of ketones is 1. The second-order valence-electron chi connectivity index (χ2n) is 8.00. The van der Waals surface area contributed by atoms with E-state index >= 15 is 0 Å². The molecule has 0 spiro atoms. The number of non-ortho nitro benzene ring substituents is 1. The van der Waals surface area contributed by atoms with Crippen LogP contribution in [0.5, 0.6) is 0 Å². The monoisotopic (exact) mass is 431 g/mol. The van der Waals surface area contributed by atoms with Crippen LogP contribution in [0, 0.1) is 37.8 Å². The SMILES string of the molecule is Cc1ccc(-n2c(C)cc(C(=O)CN3C(=O)c4ccc([N+](=O)[O-])cc4C3=O)c2C)cc1C. The van der Waals surface area contributed by atoms with Gasteiger partial charge in [0, 0.05) is 34.8 Å². The molecule has 8 heteroatoms. The van der Waals surface area contributed by atoms with Gasteiger partial charge in [-0.05, 0) is 63.1 Å². The van der Waals surface area contributed by atoms with Crippen LogP contribution in [0.3, 0.4) is 0 Å². The van der Waals surface area contributed by atoms with Crippen molar-refractivity contribution in [2.45, 2.75) is 27.7 Å². The number of nitro benzene ring substituents is 1. The Balaban J connectivity index is 1.64. The Hall–Kier alpha value is -4.07. The lowest BCUT2D eigenvalue weighted by Gasteiger charge is -2.14. The topological polar surface area (TPSA) is 103 Å². The minimum absolute atomic E-state index is 0.0578. The standard InChI is InChI=1S/C24H21N3O5/c1-13-5-6-17(9-14(13)2)26-15(3)10-20(16(26)4)22(28)12-25-23(29)19-8-7-18(27(31)32)11-21(19)24(25)30/h5-11H,12H2,1-4H3. The molecule has 32 heavy (non-hydrogen) atoms. The summed E-state index contributed by atoms with van der Waals surface area (Å²) >= 11 is 0. The first-order valence-corrected chi connectivity index (χ1v) is 10.0. The molecule has 2 aromatic carbocycles. The van der Waals surface area contributed by atoms with Crippen molar-refractivity contribution in [3.63, 3.8) is 0 Å². The summed E-state index contributed by atoms with van der Waals surface area (Å²) in [6.07, 6.45) is 0. The second kappa shape index (κ2) is 7.56. The Kier molecular flexibility index (Phi) is 5.00. The van der Waals surface area contributed by atoms with E-state index in [0.717, 1.165) is 27.9 Å². The number of hydrogen-bond donors (Lipinski definition) is 0. The van der Waals surface area contributed by atoms with E-state index in [1.54, 1.807) is 6.07 Å². The van der Waals surface area contributed by atoms with Crippen LogP contribution in [-0.2, 0) is 0 Å². The van der Waals surface area contributed by atoms with Crippen molar-refractivity contribution in [3.05, 3.63) is 91.8 Å². The predicted octanol–water partition coefficient (Wildman–Crippen LogP) is 4.10. The normalized spacial score (nSPS) is 12.9. The van der Waals surface area contributed by atoms with Gasteiger partial charge in [0.05, 0.1) is 22.6 Å². The summed E-state index contributed by atoms with van der Waals surface area (Å²) in [6.45, 7) is 7.32. The molecule has 0 saturated carbocycles. The largest absolute Gasteiger partial charge is 0.318 e. The number of Topliss-reactive ketones (excluding diaryl/α,β-unsaturated/α-hetero) is 1. The van der Waals surface area contributed by atoms with E-state index in [0.29, 0.717) is 11.3 Å². The molecular weight excluding hydrogens is 410 g/mol. The first kappa shape index (κ1) is 21.2. The van der Waals surface area contributed by atoms with Crippen LogP contribution < -0.4 is 0 Å². The van der Waals surface area contributed by atoms with E-state index in [2.05, 4.69) is 0 Å². The van der Waals surface area contributed by atoms with Crippen LogP contribution in [0.15, 0.2) is 42.5 Å². The molecule has 1 aliphatic heterocycles. The van der Waals surface area contributed by atoms with Gasteiger partial charge in [-0.3, -0.25) is 29.4 Å². The summed E-state index contributed by atoms with van der Waals surface area (Å²) in [5.74, 6) is -1.71. The van der Waals surface area contributed by atoms with E-state index in [1.165, 1.54) is 17.7 Å². The summed E-state index contributed by atoms with van der Waals surface area (Å²) in [5.41, 5.74) is 4.93. The fourth-order valence-electron chi connectivity index (χ4n) is 4.07. The molecular formula is C24H21N3O5. The van der Waals surface area contributed by atoms with Crippen molar-refractivity contribution in [2.24, 2.45) is 0 Å². The van der Waals surface area contributed by atoms with Gasteiger partial charge in [-0.15, -0.1) is 0 Å². The van der Waals surface area contributed by atoms with Crippen molar-refractivity contribution < 1.29 is 19.3 Å². The van der Waals surface area contributed by atoms with Gasteiger partial charge in [0.15, 0.2) is 5.78 Å². The minimum atomic E-state index is -0.704. The first-order chi connectivity index (χ1) is 15.1. The molecule has 2 amide bonds. The summed E-state index contributed by atoms with van der Waals surface area (Å²) < 4.78 is 1.96. The molecule has 0 N–H and O–H groups in total. The maximum atomic E-state index is 13.1. The van der Waals surface area contributed by atoms with Crippen LogP contribution in [0.1, 0.15) is 53.6 Å². The third-order valence-electron chi connectivity index (χ3n) is 5.95. The Morgan fingerprint density at radius 1 is 0.906 bits per heavy atom. The number of nitrogens with zero attached hydrogens (tertiary/aromatic N) is 3. The number of hydrogen-bond acceptors (Lipinski definition) is 5. The summed E-state index contributed by atoms with van der Waals surface area (Å²) in [5, 5.41) is 11.0. The molecule has 8 nitrogen and oxygen atoms in total. The highest BCUT2D eigenvalue weighted by Gasteiger charge is 2.38. The molecule has 0 bridgehead atoms. The summed E-state index contributed by atoms with van der Waals surface area (Å²) in [6, 6.07) is 11.3. The molecule has 1 aromatic heterocycles. The van der Waals surface area contributed by atoms with Gasteiger partial charge in [0.2, 0.25) is 0 Å². The average molecular weight is 431 g/mol. The van der Waals surface area contributed by atoms with Crippen molar-refractivity contribution in [1.82, 2.24) is 9.47 Å². The van der Waals surface area contributed by atoms with Crippen molar-refractivity contribution in [1.29, 1.82) is 0 Å². The van der Waals surface area contributed by atoms with Crippen LogP contribution in [-0.4, -0.2) is 38.5 Å². The van der Waals surface area contributed by atoms with E-state index in [4.69, 9.17) is 0 Å². The van der Waals surface area contributed by atoms with Gasteiger partial charge in [0.25, 0.3) is 17.5 Å². The smallest absolute Gasteiger partial charge is 0.270 e. The molecule has 0 atom stereocenters. The number of benzene rings is 2. The number of rotatable bonds is 5. The Morgan fingerprint density at radius 3 is 2.25 bits per heavy atom. The van der Waals surface area contributed by atoms with Gasteiger partial charge < -0.3 is 4.57 Å². The maximum absolute atomic E-state index is 13.1. The molecule has 0 radical (unpaired) electrons. The molecule has 0 unspecified atom stereocenters. The van der Waals surface area contributed by atoms with Crippen molar-refractivity contribution in [2.75, 3.05) is 6.54 Å². The number of fused-ring (bicyclic) bond motifs is 1. The molecule has 3 aromatic rings. The second-order valence-corrected chi connectivity index (χ2v) is 8.00. The summed E-state index contributed by atoms with van der Waals surface area (Å²) in [7, 11) is 0. The zero-order valence-corrected chi connectivity index (χ0v) is 18.1. The number of aromatic nitrogens is 1. The highest BCUT2D eigenvalue weighted by Crippen LogP contribution is 2.28. The lowest BCUT2D eigenvalue weighted by atomic mass is 10.1. The van der Waals surface area contributed by atoms with E-state index in [9.17, 15) is 24.5 Å². The minimum Gasteiger partial charge on any atom is -0.318 e. The fraction of sp³-hybridized carbons (Fsp3) is 0.208. The van der Waals surface area contributed by atoms with Crippen LogP contribution in [0.2, 0.25) is 0 Å². The number of carbonyl (C=O) groups excluding carboxylic acids is 3. The highest BCUT2D eigenvalue weighted by molar-refractivity contribution is 6.23. The number of imide groups is 1. The van der Waals surface area contributed by atoms with Gasteiger partial charge in [-0.1, -0.05) is 6.07 Å². The first-order valence-electron chi connectivity index (χ1n) is 10.0. The van der Waals surface area contributed by atoms with E-state index in [-0.39, 0.29) is 22.6 Å². The average Bonchev–Trinajstić information content (AvgIpc) is 3.17. The van der Waals surface area contributed by atoms with Crippen LogP contribution >= 0.6 is 0 Å². The van der Waals surface area contributed by atoms with Gasteiger partial charge in [-0.2, -0.15) is 0 Å². The molecule has 4 rings (SSSR count). The number of carbonyl (C=O) groups is 3. The molecule has 162 valence electrons. The molecule has 2 heterocycles. The van der Waals surface area contributed by atoms with E-state index in [1.807, 2.05) is 50.5 Å². The number of aryl methyl sites for hydroxylation is 3. The lowest BCUT2D eigenvalue weighted by Crippen LogP contribution is -2.35. The quantitative estimate of drug-likeness (QED) is 0.262. The molecule has 0 fully saturated rings. The molecule has 0 aliphatic carbocycles. The van der Waals surface area contributed by atoms with Gasteiger partial charge >= 0.3 is 0 Å². The Morgan fingerprint density at radius 2 is 1.59 bits per heavy atom. The van der Waals surface area contributed by atoms with Crippen LogP contribution in [0.25, 0.3) is 5.69 Å². The lowest BCUT2D eigenvalue weighted by molar-refractivity contribution is -0.384. The zero-order chi connectivity index (χ0) is 23.3. The van der Waals surface area contributed by atoms with Crippen LogP contribution in [0.4, 0.5) is 5.69 Å². The maximum Gasteiger partial charge on any atom is 0.270 e. The van der Waals surface area contributed by atoms with Crippen molar-refractivity contribution >= 4 is 23.3 Å². The highest BCUT2D eigenvalue weighted by atomic mass is 16.6. The fourth-order valence-corrected chi connectivity index (χ4v) is 4.07. The predicted molar refractivity (Wildman–Crippen MR) is 118 cm³/mol. The molecule has 1 aliphatic rings. The third kappa shape index (κ3) is 3.30. The number of amides is 2. The van der Waals surface area contributed by atoms with Crippen molar-refractivity contribution in [3.8, 4) is 5.69 Å². The Labute approximate surface area is 184 Å². The number of nitro groups is 1. The molecule has 0 saturated heterocycles.